The lowest BCUT2D eigenvalue weighted by Gasteiger charge is -2.06. The van der Waals surface area contributed by atoms with Gasteiger partial charge in [0.15, 0.2) is 0 Å². The number of nitrogens with zero attached hydrogens (tertiary/aromatic N) is 1. The zero-order valence-electron chi connectivity index (χ0n) is 7.45. The first kappa shape index (κ1) is 9.88. The SMILES string of the molecule is CCc1ncc(C(O)CN)[nH]c1=O. The number of H-pyrrole nitrogens is 1. The van der Waals surface area contributed by atoms with Gasteiger partial charge in [0.2, 0.25) is 0 Å². The fourth-order valence-electron chi connectivity index (χ4n) is 0.990. The minimum Gasteiger partial charge on any atom is -0.386 e. The van der Waals surface area contributed by atoms with Gasteiger partial charge in [-0.1, -0.05) is 6.92 Å². The second-order valence-electron chi connectivity index (χ2n) is 2.72. The average Bonchev–Trinajstić information content (AvgIpc) is 2.16. The second-order valence-corrected chi connectivity index (χ2v) is 2.72. The first-order chi connectivity index (χ1) is 6.19. The fraction of sp³-hybridized carbons (Fsp3) is 0.500. The lowest BCUT2D eigenvalue weighted by Crippen LogP contribution is -2.21. The maximum Gasteiger partial charge on any atom is 0.269 e. The maximum atomic E-state index is 11.2. The molecule has 0 aliphatic rings. The summed E-state index contributed by atoms with van der Waals surface area (Å²) in [5.74, 6) is 0. The van der Waals surface area contributed by atoms with Crippen molar-refractivity contribution in [1.82, 2.24) is 9.97 Å². The van der Waals surface area contributed by atoms with Gasteiger partial charge in [-0.3, -0.25) is 9.78 Å². The van der Waals surface area contributed by atoms with Crippen LogP contribution in [-0.4, -0.2) is 21.6 Å². The summed E-state index contributed by atoms with van der Waals surface area (Å²) in [5.41, 5.74) is 5.80. The number of nitrogens with one attached hydrogen (secondary N) is 1. The number of aliphatic hydroxyl groups is 1. The zero-order valence-corrected chi connectivity index (χ0v) is 7.45. The molecule has 13 heavy (non-hydrogen) atoms. The Morgan fingerprint density at radius 1 is 1.77 bits per heavy atom. The summed E-state index contributed by atoms with van der Waals surface area (Å²) in [4.78, 5) is 17.7. The van der Waals surface area contributed by atoms with Crippen molar-refractivity contribution in [3.63, 3.8) is 0 Å². The summed E-state index contributed by atoms with van der Waals surface area (Å²) in [5, 5.41) is 9.28. The molecule has 1 rings (SSSR count). The third-order valence-electron chi connectivity index (χ3n) is 1.80. The third kappa shape index (κ3) is 2.13. The van der Waals surface area contributed by atoms with Crippen LogP contribution in [-0.2, 0) is 6.42 Å². The lowest BCUT2D eigenvalue weighted by atomic mass is 10.2. The Hall–Kier alpha value is -1.20. The van der Waals surface area contributed by atoms with Crippen LogP contribution in [0.25, 0.3) is 0 Å². The van der Waals surface area contributed by atoms with Gasteiger partial charge >= 0.3 is 0 Å². The molecule has 0 fully saturated rings. The van der Waals surface area contributed by atoms with Gasteiger partial charge in [0.05, 0.1) is 5.69 Å². The van der Waals surface area contributed by atoms with Gasteiger partial charge in [0.1, 0.15) is 11.8 Å². The number of aryl methyl sites for hydroxylation is 1. The molecule has 72 valence electrons. The van der Waals surface area contributed by atoms with E-state index in [4.69, 9.17) is 5.73 Å². The molecule has 1 atom stereocenters. The molecule has 0 radical (unpaired) electrons. The molecule has 0 aliphatic heterocycles. The molecule has 0 aliphatic carbocycles. The second kappa shape index (κ2) is 4.15. The summed E-state index contributed by atoms with van der Waals surface area (Å²) in [7, 11) is 0. The quantitative estimate of drug-likeness (QED) is 0.579. The molecule has 0 aromatic carbocycles. The van der Waals surface area contributed by atoms with Gasteiger partial charge < -0.3 is 15.8 Å². The highest BCUT2D eigenvalue weighted by atomic mass is 16.3. The van der Waals surface area contributed by atoms with Crippen LogP contribution in [0.4, 0.5) is 0 Å². The van der Waals surface area contributed by atoms with Gasteiger partial charge in [0, 0.05) is 12.7 Å². The van der Waals surface area contributed by atoms with Crippen LogP contribution in [0.5, 0.6) is 0 Å². The van der Waals surface area contributed by atoms with Gasteiger partial charge in [-0.25, -0.2) is 0 Å². The van der Waals surface area contributed by atoms with E-state index in [1.165, 1.54) is 6.20 Å². The van der Waals surface area contributed by atoms with Crippen molar-refractivity contribution < 1.29 is 5.11 Å². The molecule has 1 unspecified atom stereocenters. The Balaban J connectivity index is 3.03. The number of aliphatic hydroxyl groups excluding tert-OH is 1. The van der Waals surface area contributed by atoms with Gasteiger partial charge in [0.25, 0.3) is 5.56 Å². The minimum absolute atomic E-state index is 0.0725. The van der Waals surface area contributed by atoms with Crippen molar-refractivity contribution in [2.24, 2.45) is 5.73 Å². The summed E-state index contributed by atoms with van der Waals surface area (Å²) >= 11 is 0. The molecule has 0 spiro atoms. The fourth-order valence-corrected chi connectivity index (χ4v) is 0.990. The van der Waals surface area contributed by atoms with E-state index in [-0.39, 0.29) is 12.1 Å². The molecule has 4 N–H and O–H groups in total. The van der Waals surface area contributed by atoms with E-state index in [0.717, 1.165) is 0 Å². The first-order valence-electron chi connectivity index (χ1n) is 4.15. The Bertz CT molecular complexity index is 334. The molecule has 1 aromatic rings. The first-order valence-corrected chi connectivity index (χ1v) is 4.15. The van der Waals surface area contributed by atoms with Crippen molar-refractivity contribution in [2.75, 3.05) is 6.54 Å². The van der Waals surface area contributed by atoms with Crippen molar-refractivity contribution in [1.29, 1.82) is 0 Å². The van der Waals surface area contributed by atoms with Crippen LogP contribution in [0.15, 0.2) is 11.0 Å². The number of hydrogen-bond acceptors (Lipinski definition) is 4. The normalized spacial score (nSPS) is 12.8. The van der Waals surface area contributed by atoms with Crippen LogP contribution in [0, 0.1) is 0 Å². The number of rotatable bonds is 3. The monoisotopic (exact) mass is 183 g/mol. The molecule has 5 nitrogen and oxygen atoms in total. The molecule has 1 heterocycles. The number of hydrogen-bond donors (Lipinski definition) is 3. The summed E-state index contributed by atoms with van der Waals surface area (Å²) < 4.78 is 0. The zero-order chi connectivity index (χ0) is 9.84. The van der Waals surface area contributed by atoms with E-state index >= 15 is 0 Å². The standard InChI is InChI=1S/C8H13N3O2/c1-2-5-8(13)11-6(4-10-5)7(12)3-9/h4,7,12H,2-3,9H2,1H3,(H,11,13). The van der Waals surface area contributed by atoms with Crippen molar-refractivity contribution in [3.8, 4) is 0 Å². The Morgan fingerprint density at radius 2 is 2.46 bits per heavy atom. The smallest absolute Gasteiger partial charge is 0.269 e. The lowest BCUT2D eigenvalue weighted by molar-refractivity contribution is 0.181. The Labute approximate surface area is 75.6 Å². The van der Waals surface area contributed by atoms with Crippen molar-refractivity contribution in [2.45, 2.75) is 19.4 Å². The van der Waals surface area contributed by atoms with E-state index in [9.17, 15) is 9.90 Å². The Kier molecular flexibility index (Phi) is 3.16. The van der Waals surface area contributed by atoms with E-state index < -0.39 is 6.10 Å². The summed E-state index contributed by atoms with van der Waals surface area (Å²) in [6, 6.07) is 0. The highest BCUT2D eigenvalue weighted by Gasteiger charge is 2.07. The van der Waals surface area contributed by atoms with Crippen LogP contribution in [0.2, 0.25) is 0 Å². The van der Waals surface area contributed by atoms with Gasteiger partial charge in [-0.05, 0) is 6.42 Å². The predicted octanol–water partition coefficient (Wildman–Crippen LogP) is -0.676. The summed E-state index contributed by atoms with van der Waals surface area (Å²) in [6.45, 7) is 1.92. The highest BCUT2D eigenvalue weighted by molar-refractivity contribution is 5.05. The molecule has 0 saturated heterocycles. The maximum absolute atomic E-state index is 11.2. The average molecular weight is 183 g/mol. The van der Waals surface area contributed by atoms with Crippen LogP contribution in [0.3, 0.4) is 0 Å². The van der Waals surface area contributed by atoms with Crippen molar-refractivity contribution in [3.05, 3.63) is 27.9 Å². The van der Waals surface area contributed by atoms with E-state index in [1.54, 1.807) is 0 Å². The van der Waals surface area contributed by atoms with Crippen LogP contribution in [0.1, 0.15) is 24.4 Å². The number of aromatic amines is 1. The third-order valence-corrected chi connectivity index (χ3v) is 1.80. The molecule has 1 aromatic heterocycles. The largest absolute Gasteiger partial charge is 0.386 e. The van der Waals surface area contributed by atoms with Crippen molar-refractivity contribution >= 4 is 0 Å². The number of aromatic nitrogens is 2. The highest BCUT2D eigenvalue weighted by Crippen LogP contribution is 2.03. The topological polar surface area (TPSA) is 92.0 Å². The molecule has 0 amide bonds. The predicted molar refractivity (Wildman–Crippen MR) is 48.2 cm³/mol. The minimum atomic E-state index is -0.842. The molecular formula is C8H13N3O2. The summed E-state index contributed by atoms with van der Waals surface area (Å²) in [6.07, 6.45) is 1.18. The van der Waals surface area contributed by atoms with Crippen LogP contribution >= 0.6 is 0 Å². The van der Waals surface area contributed by atoms with Gasteiger partial charge in [-0.15, -0.1) is 0 Å². The van der Waals surface area contributed by atoms with E-state index in [0.29, 0.717) is 17.8 Å². The van der Waals surface area contributed by atoms with Gasteiger partial charge in [-0.2, -0.15) is 0 Å². The molecular weight excluding hydrogens is 170 g/mol. The number of nitrogens with two attached hydrogens (primary N) is 1. The Morgan fingerprint density at radius 3 is 2.92 bits per heavy atom. The van der Waals surface area contributed by atoms with E-state index in [1.807, 2.05) is 6.92 Å². The van der Waals surface area contributed by atoms with E-state index in [2.05, 4.69) is 9.97 Å². The molecule has 5 heteroatoms. The molecule has 0 bridgehead atoms. The molecule has 0 saturated carbocycles. The van der Waals surface area contributed by atoms with Crippen LogP contribution < -0.4 is 11.3 Å².